The molecule has 1 aliphatic heterocycles. The number of alkyl halides is 1. The number of halogens is 1. The number of aliphatic imine (C=N–C) groups is 1. The first-order chi connectivity index (χ1) is 10.3. The van der Waals surface area contributed by atoms with Gasteiger partial charge in [0.05, 0.1) is 12.9 Å². The minimum Gasteiger partial charge on any atom is -0.394 e. The van der Waals surface area contributed by atoms with Crippen molar-refractivity contribution in [1.29, 1.82) is 0 Å². The molecule has 4 atom stereocenters. The van der Waals surface area contributed by atoms with Crippen LogP contribution >= 0.6 is 0 Å². The minimum absolute atomic E-state index is 0.174. The summed E-state index contributed by atoms with van der Waals surface area (Å²) in [6.45, 7) is 0.563. The van der Waals surface area contributed by atoms with Crippen molar-refractivity contribution in [2.75, 3.05) is 20.7 Å². The molecule has 1 saturated heterocycles. The van der Waals surface area contributed by atoms with Crippen LogP contribution in [0.3, 0.4) is 0 Å². The summed E-state index contributed by atoms with van der Waals surface area (Å²) in [4.78, 5) is 21.4. The van der Waals surface area contributed by atoms with Crippen molar-refractivity contribution in [1.82, 2.24) is 14.5 Å². The van der Waals surface area contributed by atoms with Gasteiger partial charge in [0.15, 0.2) is 17.7 Å². The van der Waals surface area contributed by atoms with Crippen LogP contribution in [0.25, 0.3) is 0 Å². The number of hydrogen-bond donors (Lipinski definition) is 2. The molecule has 0 amide bonds. The van der Waals surface area contributed by atoms with Crippen LogP contribution in [0.4, 0.5) is 10.2 Å². The summed E-state index contributed by atoms with van der Waals surface area (Å²) >= 11 is 0. The maximum atomic E-state index is 14.6. The number of ether oxygens (including phenoxy) is 1. The van der Waals surface area contributed by atoms with Crippen LogP contribution in [0.5, 0.6) is 0 Å². The summed E-state index contributed by atoms with van der Waals surface area (Å²) in [5.74, 6) is 0.174. The molecular formula is C13H19FN4O4. The summed E-state index contributed by atoms with van der Waals surface area (Å²) in [6, 6.07) is 1.43. The Morgan fingerprint density at radius 3 is 2.82 bits per heavy atom. The second-order valence-electron chi connectivity index (χ2n) is 5.49. The second kappa shape index (κ2) is 6.11. The zero-order valence-corrected chi connectivity index (χ0v) is 12.5. The largest absolute Gasteiger partial charge is 0.394 e. The van der Waals surface area contributed by atoms with Gasteiger partial charge in [-0.25, -0.2) is 14.2 Å². The van der Waals surface area contributed by atoms with Crippen molar-refractivity contribution in [2.24, 2.45) is 4.99 Å². The van der Waals surface area contributed by atoms with Crippen LogP contribution in [0.1, 0.15) is 13.2 Å². The lowest BCUT2D eigenvalue weighted by atomic mass is 9.98. The van der Waals surface area contributed by atoms with E-state index in [9.17, 15) is 14.3 Å². The standard InChI is InChI=1S/C13H19FN4O4/c1-13(14)10(20)8(6-19)22-11(13)18-5-4-9(16-12(18)21)15-7-17(2)3/h4-5,7-8,10-11,19-20H,6H2,1-3H3/t8-,10-,11-,13-/m1/s1. The van der Waals surface area contributed by atoms with Gasteiger partial charge in [0, 0.05) is 20.3 Å². The van der Waals surface area contributed by atoms with E-state index in [0.717, 1.165) is 11.5 Å². The van der Waals surface area contributed by atoms with E-state index in [2.05, 4.69) is 9.98 Å². The molecule has 1 fully saturated rings. The maximum Gasteiger partial charge on any atom is 0.351 e. The van der Waals surface area contributed by atoms with E-state index in [4.69, 9.17) is 9.84 Å². The second-order valence-corrected chi connectivity index (χ2v) is 5.49. The Bertz CT molecular complexity index is 616. The van der Waals surface area contributed by atoms with Gasteiger partial charge in [-0.15, -0.1) is 0 Å². The van der Waals surface area contributed by atoms with Crippen LogP contribution in [0.2, 0.25) is 0 Å². The van der Waals surface area contributed by atoms with Gasteiger partial charge in [-0.3, -0.25) is 4.57 Å². The molecular weight excluding hydrogens is 295 g/mol. The van der Waals surface area contributed by atoms with Gasteiger partial charge in [0.1, 0.15) is 12.2 Å². The van der Waals surface area contributed by atoms with Crippen LogP contribution < -0.4 is 5.69 Å². The molecule has 1 aromatic rings. The molecule has 0 unspecified atom stereocenters. The Balaban J connectivity index is 2.32. The summed E-state index contributed by atoms with van der Waals surface area (Å²) < 4.78 is 20.8. The molecule has 0 spiro atoms. The van der Waals surface area contributed by atoms with Gasteiger partial charge in [0.2, 0.25) is 0 Å². The monoisotopic (exact) mass is 314 g/mol. The summed E-state index contributed by atoms with van der Waals surface area (Å²) in [5, 5.41) is 18.9. The molecule has 122 valence electrons. The highest BCUT2D eigenvalue weighted by molar-refractivity contribution is 5.58. The molecule has 0 aromatic carbocycles. The van der Waals surface area contributed by atoms with Crippen LogP contribution in [-0.2, 0) is 4.74 Å². The molecule has 1 aliphatic rings. The molecule has 2 heterocycles. The van der Waals surface area contributed by atoms with Gasteiger partial charge in [-0.05, 0) is 13.0 Å². The maximum absolute atomic E-state index is 14.6. The molecule has 0 aliphatic carbocycles. The average Bonchev–Trinajstić information content (AvgIpc) is 2.68. The molecule has 0 radical (unpaired) electrons. The highest BCUT2D eigenvalue weighted by Crippen LogP contribution is 2.40. The van der Waals surface area contributed by atoms with E-state index in [-0.39, 0.29) is 5.82 Å². The van der Waals surface area contributed by atoms with Crippen LogP contribution in [0.15, 0.2) is 22.1 Å². The minimum atomic E-state index is -2.23. The van der Waals surface area contributed by atoms with E-state index in [0.29, 0.717) is 0 Å². The van der Waals surface area contributed by atoms with E-state index in [1.807, 2.05) is 0 Å². The molecule has 2 rings (SSSR count). The fraction of sp³-hybridized carbons (Fsp3) is 0.615. The average molecular weight is 314 g/mol. The Morgan fingerprint density at radius 1 is 1.64 bits per heavy atom. The van der Waals surface area contributed by atoms with E-state index < -0.39 is 36.4 Å². The zero-order valence-electron chi connectivity index (χ0n) is 12.5. The fourth-order valence-corrected chi connectivity index (χ4v) is 2.19. The van der Waals surface area contributed by atoms with Crippen molar-refractivity contribution in [3.63, 3.8) is 0 Å². The Kier molecular flexibility index (Phi) is 4.59. The first kappa shape index (κ1) is 16.5. The number of nitrogens with zero attached hydrogens (tertiary/aromatic N) is 4. The van der Waals surface area contributed by atoms with Gasteiger partial charge in [-0.1, -0.05) is 0 Å². The molecule has 22 heavy (non-hydrogen) atoms. The fourth-order valence-electron chi connectivity index (χ4n) is 2.19. The lowest BCUT2D eigenvalue weighted by Crippen LogP contribution is -2.42. The van der Waals surface area contributed by atoms with Crippen molar-refractivity contribution >= 4 is 12.2 Å². The number of aliphatic hydroxyl groups is 2. The molecule has 1 aromatic heterocycles. The number of rotatable bonds is 4. The van der Waals surface area contributed by atoms with Crippen molar-refractivity contribution in [2.45, 2.75) is 31.0 Å². The smallest absolute Gasteiger partial charge is 0.351 e. The normalized spacial score (nSPS) is 31.8. The highest BCUT2D eigenvalue weighted by Gasteiger charge is 2.55. The number of hydrogen-bond acceptors (Lipinski definition) is 6. The van der Waals surface area contributed by atoms with Crippen LogP contribution in [-0.4, -0.2) is 69.6 Å². The first-order valence-electron chi connectivity index (χ1n) is 6.70. The molecule has 2 N–H and O–H groups in total. The number of aliphatic hydroxyl groups excluding tert-OH is 2. The van der Waals surface area contributed by atoms with Gasteiger partial charge >= 0.3 is 5.69 Å². The predicted octanol–water partition coefficient (Wildman–Crippen LogP) is -0.556. The van der Waals surface area contributed by atoms with E-state index >= 15 is 0 Å². The molecule has 9 heteroatoms. The predicted molar refractivity (Wildman–Crippen MR) is 76.9 cm³/mol. The number of aromatic nitrogens is 2. The van der Waals surface area contributed by atoms with Gasteiger partial charge in [-0.2, -0.15) is 4.98 Å². The third-order valence-corrected chi connectivity index (χ3v) is 3.39. The Morgan fingerprint density at radius 2 is 2.32 bits per heavy atom. The quantitative estimate of drug-likeness (QED) is 0.571. The summed E-state index contributed by atoms with van der Waals surface area (Å²) in [5.41, 5.74) is -2.99. The van der Waals surface area contributed by atoms with Crippen LogP contribution in [0, 0.1) is 0 Å². The summed E-state index contributed by atoms with van der Waals surface area (Å²) in [7, 11) is 3.53. The van der Waals surface area contributed by atoms with E-state index in [1.165, 1.54) is 18.6 Å². The van der Waals surface area contributed by atoms with Crippen molar-refractivity contribution in [3.8, 4) is 0 Å². The Labute approximate surface area is 126 Å². The molecule has 0 bridgehead atoms. The van der Waals surface area contributed by atoms with Gasteiger partial charge < -0.3 is 19.8 Å². The third-order valence-electron chi connectivity index (χ3n) is 3.39. The third kappa shape index (κ3) is 3.01. The SMILES string of the molecule is CN(C)C=Nc1ccn([C@@H]2O[C@H](CO)[C@@H](O)[C@@]2(C)F)c(=O)n1. The molecule has 8 nitrogen and oxygen atoms in total. The topological polar surface area (TPSA) is 100 Å². The highest BCUT2D eigenvalue weighted by atomic mass is 19.1. The lowest BCUT2D eigenvalue weighted by Gasteiger charge is -2.24. The lowest BCUT2D eigenvalue weighted by molar-refractivity contribution is -0.0610. The first-order valence-corrected chi connectivity index (χ1v) is 6.70. The Hall–Kier alpha value is -1.84. The zero-order chi connectivity index (χ0) is 16.5. The molecule has 0 saturated carbocycles. The summed E-state index contributed by atoms with van der Waals surface area (Å²) in [6.07, 6.45) is -1.24. The van der Waals surface area contributed by atoms with E-state index in [1.54, 1.807) is 19.0 Å². The van der Waals surface area contributed by atoms with Crippen molar-refractivity contribution < 1.29 is 19.3 Å². The van der Waals surface area contributed by atoms with Crippen molar-refractivity contribution in [3.05, 3.63) is 22.7 Å². The van der Waals surface area contributed by atoms with Gasteiger partial charge in [0.25, 0.3) is 0 Å².